The van der Waals surface area contributed by atoms with E-state index in [2.05, 4.69) is 29.6 Å². The molecule has 4 heteroatoms. The molecule has 0 atom stereocenters. The Hall–Kier alpha value is -2.02. The van der Waals surface area contributed by atoms with Crippen LogP contribution in [0.5, 0.6) is 0 Å². The van der Waals surface area contributed by atoms with Crippen LogP contribution in [-0.4, -0.2) is 29.9 Å². The van der Waals surface area contributed by atoms with E-state index in [1.807, 2.05) is 0 Å². The van der Waals surface area contributed by atoms with E-state index >= 15 is 0 Å². The van der Waals surface area contributed by atoms with Crippen LogP contribution in [0.15, 0.2) is 18.2 Å². The molecule has 4 nitrogen and oxygen atoms in total. The highest BCUT2D eigenvalue weighted by Gasteiger charge is 2.38. The maximum absolute atomic E-state index is 12.7. The molecule has 1 fully saturated rings. The standard InChI is InChI=1S/C20H27N3O/c1-23(20(15-21)12-5-2-6-13-20)19(24)14-22-18-11-7-9-16-8-3-4-10-17(16)18/h7,9,11,22H,2-6,8,10,12-14H2,1H3. The number of carbonyl (C=O) groups excluding carboxylic acids is 1. The van der Waals surface area contributed by atoms with Crippen molar-refractivity contribution in [2.75, 3.05) is 18.9 Å². The summed E-state index contributed by atoms with van der Waals surface area (Å²) in [6.45, 7) is 0.260. The van der Waals surface area contributed by atoms with Crippen LogP contribution < -0.4 is 5.32 Å². The summed E-state index contributed by atoms with van der Waals surface area (Å²) in [5.41, 5.74) is 3.26. The average molecular weight is 325 g/mol. The first-order valence-corrected chi connectivity index (χ1v) is 9.19. The number of amides is 1. The zero-order valence-corrected chi connectivity index (χ0v) is 14.6. The lowest BCUT2D eigenvalue weighted by molar-refractivity contribution is -0.132. The van der Waals surface area contributed by atoms with Crippen molar-refractivity contribution in [1.29, 1.82) is 5.26 Å². The molecule has 24 heavy (non-hydrogen) atoms. The lowest BCUT2D eigenvalue weighted by Crippen LogP contribution is -2.51. The molecule has 1 aromatic carbocycles. The molecule has 0 aliphatic heterocycles. The molecule has 1 aromatic rings. The second kappa shape index (κ2) is 7.25. The Morgan fingerprint density at radius 1 is 1.21 bits per heavy atom. The van der Waals surface area contributed by atoms with Crippen molar-refractivity contribution in [1.82, 2.24) is 4.90 Å². The van der Waals surface area contributed by atoms with Crippen LogP contribution in [0.1, 0.15) is 56.1 Å². The van der Waals surface area contributed by atoms with E-state index in [0.29, 0.717) is 0 Å². The van der Waals surface area contributed by atoms with Gasteiger partial charge in [-0.25, -0.2) is 0 Å². The van der Waals surface area contributed by atoms with E-state index in [0.717, 1.165) is 44.2 Å². The van der Waals surface area contributed by atoms with Gasteiger partial charge in [-0.05, 0) is 55.7 Å². The number of fused-ring (bicyclic) bond motifs is 1. The zero-order chi connectivity index (χ0) is 17.0. The molecule has 1 N–H and O–H groups in total. The normalized spacial score (nSPS) is 19.0. The van der Waals surface area contributed by atoms with Crippen molar-refractivity contribution in [2.45, 2.75) is 63.3 Å². The van der Waals surface area contributed by atoms with Crippen molar-refractivity contribution in [3.63, 3.8) is 0 Å². The Balaban J connectivity index is 1.66. The third-order valence-electron chi connectivity index (χ3n) is 5.73. The first kappa shape index (κ1) is 16.8. The minimum Gasteiger partial charge on any atom is -0.376 e. The number of nitrogens with one attached hydrogen (secondary N) is 1. The number of anilines is 1. The predicted molar refractivity (Wildman–Crippen MR) is 95.8 cm³/mol. The van der Waals surface area contributed by atoms with Crippen LogP contribution in [-0.2, 0) is 17.6 Å². The van der Waals surface area contributed by atoms with Crippen molar-refractivity contribution in [2.24, 2.45) is 0 Å². The number of benzene rings is 1. The molecular weight excluding hydrogens is 298 g/mol. The number of nitrogens with zero attached hydrogens (tertiary/aromatic N) is 2. The summed E-state index contributed by atoms with van der Waals surface area (Å²) in [5, 5.41) is 13.0. The molecular formula is C20H27N3O. The topological polar surface area (TPSA) is 56.1 Å². The van der Waals surface area contributed by atoms with Gasteiger partial charge in [0.25, 0.3) is 0 Å². The molecule has 0 unspecified atom stereocenters. The highest BCUT2D eigenvalue weighted by molar-refractivity contribution is 5.82. The number of rotatable bonds is 4. The third-order valence-corrected chi connectivity index (χ3v) is 5.73. The Bertz CT molecular complexity index is 641. The first-order valence-electron chi connectivity index (χ1n) is 9.19. The van der Waals surface area contributed by atoms with E-state index in [9.17, 15) is 10.1 Å². The Morgan fingerprint density at radius 3 is 2.71 bits per heavy atom. The monoisotopic (exact) mass is 325 g/mol. The van der Waals surface area contributed by atoms with E-state index in [1.165, 1.54) is 30.4 Å². The van der Waals surface area contributed by atoms with Crippen molar-refractivity contribution >= 4 is 11.6 Å². The van der Waals surface area contributed by atoms with Crippen LogP contribution in [0.25, 0.3) is 0 Å². The van der Waals surface area contributed by atoms with Gasteiger partial charge in [0.1, 0.15) is 5.54 Å². The lowest BCUT2D eigenvalue weighted by Gasteiger charge is -2.39. The van der Waals surface area contributed by atoms with Gasteiger partial charge < -0.3 is 10.2 Å². The molecule has 0 bridgehead atoms. The molecule has 0 radical (unpaired) electrons. The number of hydrogen-bond acceptors (Lipinski definition) is 3. The van der Waals surface area contributed by atoms with Crippen LogP contribution in [0.2, 0.25) is 0 Å². The highest BCUT2D eigenvalue weighted by Crippen LogP contribution is 2.32. The van der Waals surface area contributed by atoms with Crippen LogP contribution in [0.4, 0.5) is 5.69 Å². The quantitative estimate of drug-likeness (QED) is 0.919. The van der Waals surface area contributed by atoms with Crippen LogP contribution >= 0.6 is 0 Å². The van der Waals surface area contributed by atoms with Crippen molar-refractivity contribution < 1.29 is 4.79 Å². The summed E-state index contributed by atoms with van der Waals surface area (Å²) < 4.78 is 0. The summed E-state index contributed by atoms with van der Waals surface area (Å²) in [5.74, 6) is 0.00635. The summed E-state index contributed by atoms with van der Waals surface area (Å²) in [6.07, 6.45) is 9.52. The zero-order valence-electron chi connectivity index (χ0n) is 14.6. The number of hydrogen-bond donors (Lipinski definition) is 1. The largest absolute Gasteiger partial charge is 0.376 e. The SMILES string of the molecule is CN(C(=O)CNc1cccc2c1CCCC2)C1(C#N)CCCCC1. The molecule has 0 spiro atoms. The van der Waals surface area contributed by atoms with Gasteiger partial charge in [-0.3, -0.25) is 4.79 Å². The van der Waals surface area contributed by atoms with Crippen molar-refractivity contribution in [3.8, 4) is 6.07 Å². The number of nitriles is 1. The van der Waals surface area contributed by atoms with E-state index in [4.69, 9.17) is 0 Å². The summed E-state index contributed by atoms with van der Waals surface area (Å²) in [4.78, 5) is 14.3. The molecule has 3 rings (SSSR count). The lowest BCUT2D eigenvalue weighted by atomic mass is 9.81. The molecule has 1 saturated carbocycles. The maximum atomic E-state index is 12.7. The van der Waals surface area contributed by atoms with E-state index in [1.54, 1.807) is 11.9 Å². The van der Waals surface area contributed by atoms with Gasteiger partial charge in [-0.1, -0.05) is 31.4 Å². The summed E-state index contributed by atoms with van der Waals surface area (Å²) in [7, 11) is 1.79. The van der Waals surface area contributed by atoms with Crippen LogP contribution in [0, 0.1) is 11.3 Å². The highest BCUT2D eigenvalue weighted by atomic mass is 16.2. The fourth-order valence-corrected chi connectivity index (χ4v) is 4.13. The molecule has 128 valence electrons. The summed E-state index contributed by atoms with van der Waals surface area (Å²) in [6, 6.07) is 8.75. The van der Waals surface area contributed by atoms with E-state index in [-0.39, 0.29) is 12.5 Å². The number of aryl methyl sites for hydroxylation is 1. The van der Waals surface area contributed by atoms with Gasteiger partial charge in [-0.15, -0.1) is 0 Å². The average Bonchev–Trinajstić information content (AvgIpc) is 2.66. The van der Waals surface area contributed by atoms with E-state index < -0.39 is 5.54 Å². The second-order valence-corrected chi connectivity index (χ2v) is 7.16. The Kier molecular flexibility index (Phi) is 5.08. The van der Waals surface area contributed by atoms with Gasteiger partial charge in [0, 0.05) is 12.7 Å². The number of carbonyl (C=O) groups is 1. The van der Waals surface area contributed by atoms with Gasteiger partial charge in [-0.2, -0.15) is 5.26 Å². The third kappa shape index (κ3) is 3.26. The fourth-order valence-electron chi connectivity index (χ4n) is 4.13. The maximum Gasteiger partial charge on any atom is 0.242 e. The minimum atomic E-state index is -0.604. The fraction of sp³-hybridized carbons (Fsp3) is 0.600. The van der Waals surface area contributed by atoms with Crippen molar-refractivity contribution in [3.05, 3.63) is 29.3 Å². The molecule has 1 amide bonds. The van der Waals surface area contributed by atoms with Gasteiger partial charge in [0.15, 0.2) is 0 Å². The minimum absolute atomic E-state index is 0.00635. The molecule has 0 heterocycles. The smallest absolute Gasteiger partial charge is 0.242 e. The number of likely N-dealkylation sites (N-methyl/N-ethyl adjacent to an activating group) is 1. The summed E-state index contributed by atoms with van der Waals surface area (Å²) >= 11 is 0. The van der Waals surface area contributed by atoms with Gasteiger partial charge in [0.2, 0.25) is 5.91 Å². The Morgan fingerprint density at radius 2 is 1.96 bits per heavy atom. The molecule has 0 aromatic heterocycles. The van der Waals surface area contributed by atoms with Gasteiger partial charge >= 0.3 is 0 Å². The molecule has 2 aliphatic rings. The first-order chi connectivity index (χ1) is 11.7. The molecule has 0 saturated heterocycles. The molecule has 2 aliphatic carbocycles. The van der Waals surface area contributed by atoms with Gasteiger partial charge in [0.05, 0.1) is 12.6 Å². The Labute approximate surface area is 144 Å². The second-order valence-electron chi connectivity index (χ2n) is 7.16. The predicted octanol–water partition coefficient (Wildman–Crippen LogP) is 3.66. The van der Waals surface area contributed by atoms with Crippen LogP contribution in [0.3, 0.4) is 0 Å².